The highest BCUT2D eigenvalue weighted by Gasteiger charge is 2.35. The number of benzene rings is 1. The standard InChI is InChI=1S/C13H15BrF3NO3/c1-2-10(9-5-8(14)3-4-11(9)19)18(6-12(20)21)7-13(15,16)17/h3-5,10,19H,2,6-7H2,1H3,(H,20,21). The van der Waals surface area contributed by atoms with Crippen molar-refractivity contribution < 1.29 is 28.2 Å². The van der Waals surface area contributed by atoms with E-state index in [1.807, 2.05) is 0 Å². The Bertz CT molecular complexity index is 508. The van der Waals surface area contributed by atoms with Crippen LogP contribution in [0.15, 0.2) is 22.7 Å². The monoisotopic (exact) mass is 369 g/mol. The molecule has 2 N–H and O–H groups in total. The van der Waals surface area contributed by atoms with E-state index in [1.165, 1.54) is 12.1 Å². The quantitative estimate of drug-likeness (QED) is 0.804. The van der Waals surface area contributed by atoms with E-state index in [9.17, 15) is 23.1 Å². The molecule has 1 aromatic carbocycles. The first-order chi connectivity index (χ1) is 9.64. The van der Waals surface area contributed by atoms with Crippen molar-refractivity contribution in [1.29, 1.82) is 0 Å². The maximum Gasteiger partial charge on any atom is 0.401 e. The molecule has 0 aromatic heterocycles. The van der Waals surface area contributed by atoms with Gasteiger partial charge < -0.3 is 10.2 Å². The third-order valence-corrected chi connectivity index (χ3v) is 3.39. The minimum Gasteiger partial charge on any atom is -0.508 e. The van der Waals surface area contributed by atoms with Crippen LogP contribution in [-0.4, -0.2) is 40.3 Å². The highest BCUT2D eigenvalue weighted by molar-refractivity contribution is 9.10. The number of halogens is 4. The van der Waals surface area contributed by atoms with Gasteiger partial charge in [0.05, 0.1) is 13.1 Å². The van der Waals surface area contributed by atoms with Crippen LogP contribution in [0.3, 0.4) is 0 Å². The van der Waals surface area contributed by atoms with Gasteiger partial charge in [-0.25, -0.2) is 0 Å². The number of hydrogen-bond donors (Lipinski definition) is 2. The Morgan fingerprint density at radius 1 is 1.43 bits per heavy atom. The molecule has 1 unspecified atom stereocenters. The van der Waals surface area contributed by atoms with E-state index in [4.69, 9.17) is 5.11 Å². The fourth-order valence-electron chi connectivity index (χ4n) is 2.15. The number of carbonyl (C=O) groups is 1. The summed E-state index contributed by atoms with van der Waals surface area (Å²) in [6.07, 6.45) is -4.29. The predicted molar refractivity (Wildman–Crippen MR) is 74.1 cm³/mol. The largest absolute Gasteiger partial charge is 0.508 e. The zero-order valence-corrected chi connectivity index (χ0v) is 12.8. The Kier molecular flexibility index (Phi) is 6.03. The van der Waals surface area contributed by atoms with Crippen molar-refractivity contribution in [3.8, 4) is 5.75 Å². The van der Waals surface area contributed by atoms with Gasteiger partial charge in [-0.3, -0.25) is 9.69 Å². The third-order valence-electron chi connectivity index (χ3n) is 2.90. The second-order valence-corrected chi connectivity index (χ2v) is 5.46. The first-order valence-electron chi connectivity index (χ1n) is 6.15. The van der Waals surface area contributed by atoms with Gasteiger partial charge in [0, 0.05) is 16.1 Å². The lowest BCUT2D eigenvalue weighted by molar-refractivity contribution is -0.158. The number of hydrogen-bond acceptors (Lipinski definition) is 3. The van der Waals surface area contributed by atoms with Crippen LogP contribution in [0.2, 0.25) is 0 Å². The molecule has 0 fully saturated rings. The highest BCUT2D eigenvalue weighted by atomic mass is 79.9. The third kappa shape index (κ3) is 5.55. The van der Waals surface area contributed by atoms with Gasteiger partial charge in [0.15, 0.2) is 0 Å². The van der Waals surface area contributed by atoms with Crippen molar-refractivity contribution >= 4 is 21.9 Å². The Labute approximate surface area is 128 Å². The Morgan fingerprint density at radius 2 is 2.05 bits per heavy atom. The molecule has 0 amide bonds. The molecule has 8 heteroatoms. The minimum absolute atomic E-state index is 0.164. The Morgan fingerprint density at radius 3 is 2.52 bits per heavy atom. The molecule has 0 radical (unpaired) electrons. The van der Waals surface area contributed by atoms with E-state index in [2.05, 4.69) is 15.9 Å². The number of nitrogens with zero attached hydrogens (tertiary/aromatic N) is 1. The van der Waals surface area contributed by atoms with Crippen LogP contribution in [0, 0.1) is 0 Å². The van der Waals surface area contributed by atoms with Crippen molar-refractivity contribution in [1.82, 2.24) is 4.90 Å². The predicted octanol–water partition coefficient (Wildman–Crippen LogP) is 3.55. The smallest absolute Gasteiger partial charge is 0.401 e. The lowest BCUT2D eigenvalue weighted by Gasteiger charge is -2.31. The lowest BCUT2D eigenvalue weighted by Crippen LogP contribution is -2.40. The fraction of sp³-hybridized carbons (Fsp3) is 0.462. The molecule has 21 heavy (non-hydrogen) atoms. The first kappa shape index (κ1) is 17.8. The Hall–Kier alpha value is -1.28. The molecule has 4 nitrogen and oxygen atoms in total. The summed E-state index contributed by atoms with van der Waals surface area (Å²) in [7, 11) is 0. The summed E-state index contributed by atoms with van der Waals surface area (Å²) in [6, 6.07) is 3.56. The van der Waals surface area contributed by atoms with Gasteiger partial charge in [0.2, 0.25) is 0 Å². The Balaban J connectivity index is 3.16. The van der Waals surface area contributed by atoms with Crippen LogP contribution in [0.1, 0.15) is 24.9 Å². The van der Waals surface area contributed by atoms with Gasteiger partial charge in [-0.05, 0) is 24.6 Å². The summed E-state index contributed by atoms with van der Waals surface area (Å²) >= 11 is 3.19. The minimum atomic E-state index is -4.52. The van der Waals surface area contributed by atoms with E-state index in [0.29, 0.717) is 4.47 Å². The van der Waals surface area contributed by atoms with Crippen LogP contribution in [0.5, 0.6) is 5.75 Å². The molecular weight excluding hydrogens is 355 g/mol. The molecule has 0 aliphatic carbocycles. The van der Waals surface area contributed by atoms with E-state index in [-0.39, 0.29) is 17.7 Å². The number of phenols is 1. The van der Waals surface area contributed by atoms with Gasteiger partial charge in [-0.15, -0.1) is 0 Å². The number of rotatable bonds is 6. The molecule has 0 heterocycles. The van der Waals surface area contributed by atoms with E-state index in [0.717, 1.165) is 4.90 Å². The average molecular weight is 370 g/mol. The van der Waals surface area contributed by atoms with Gasteiger partial charge in [-0.1, -0.05) is 22.9 Å². The zero-order valence-electron chi connectivity index (χ0n) is 11.2. The molecule has 0 bridgehead atoms. The van der Waals surface area contributed by atoms with Gasteiger partial charge in [-0.2, -0.15) is 13.2 Å². The van der Waals surface area contributed by atoms with E-state index >= 15 is 0 Å². The summed E-state index contributed by atoms with van der Waals surface area (Å²) in [6.45, 7) is -0.482. The fourth-order valence-corrected chi connectivity index (χ4v) is 2.53. The van der Waals surface area contributed by atoms with E-state index < -0.39 is 31.3 Å². The lowest BCUT2D eigenvalue weighted by atomic mass is 10.0. The normalized spacial score (nSPS) is 13.4. The van der Waals surface area contributed by atoms with Crippen molar-refractivity contribution in [3.63, 3.8) is 0 Å². The summed E-state index contributed by atoms with van der Waals surface area (Å²) < 4.78 is 38.5. The average Bonchev–Trinajstić information content (AvgIpc) is 2.31. The van der Waals surface area contributed by atoms with Crippen LogP contribution in [0.25, 0.3) is 0 Å². The number of alkyl halides is 3. The molecule has 0 aliphatic rings. The van der Waals surface area contributed by atoms with Gasteiger partial charge >= 0.3 is 12.1 Å². The van der Waals surface area contributed by atoms with Crippen LogP contribution < -0.4 is 0 Å². The molecular formula is C13H15BrF3NO3. The zero-order chi connectivity index (χ0) is 16.2. The molecule has 0 aliphatic heterocycles. The molecule has 0 saturated carbocycles. The van der Waals surface area contributed by atoms with E-state index in [1.54, 1.807) is 13.0 Å². The van der Waals surface area contributed by atoms with Crippen molar-refractivity contribution in [2.45, 2.75) is 25.6 Å². The first-order valence-corrected chi connectivity index (χ1v) is 6.94. The van der Waals surface area contributed by atoms with Crippen LogP contribution >= 0.6 is 15.9 Å². The topological polar surface area (TPSA) is 60.8 Å². The molecule has 118 valence electrons. The number of carboxylic acid groups (broad SMARTS) is 1. The molecule has 0 spiro atoms. The number of aliphatic carboxylic acids is 1. The summed E-state index contributed by atoms with van der Waals surface area (Å²) in [5.41, 5.74) is 0.261. The summed E-state index contributed by atoms with van der Waals surface area (Å²) in [4.78, 5) is 11.6. The summed E-state index contributed by atoms with van der Waals surface area (Å²) in [5, 5.41) is 18.7. The maximum absolute atomic E-state index is 12.6. The summed E-state index contributed by atoms with van der Waals surface area (Å²) in [5.74, 6) is -1.52. The number of aromatic hydroxyl groups is 1. The molecule has 1 atom stereocenters. The van der Waals surface area contributed by atoms with Crippen molar-refractivity contribution in [3.05, 3.63) is 28.2 Å². The van der Waals surface area contributed by atoms with Gasteiger partial charge in [0.25, 0.3) is 0 Å². The van der Waals surface area contributed by atoms with Gasteiger partial charge in [0.1, 0.15) is 5.75 Å². The highest BCUT2D eigenvalue weighted by Crippen LogP contribution is 2.34. The maximum atomic E-state index is 12.6. The SMILES string of the molecule is CCC(c1cc(Br)ccc1O)N(CC(=O)O)CC(F)(F)F. The van der Waals surface area contributed by atoms with Crippen molar-refractivity contribution in [2.75, 3.05) is 13.1 Å². The van der Waals surface area contributed by atoms with Crippen LogP contribution in [0.4, 0.5) is 13.2 Å². The second kappa shape index (κ2) is 7.13. The van der Waals surface area contributed by atoms with Crippen LogP contribution in [-0.2, 0) is 4.79 Å². The number of carboxylic acids is 1. The second-order valence-electron chi connectivity index (χ2n) is 4.54. The molecule has 1 rings (SSSR count). The molecule has 0 saturated heterocycles. The molecule has 1 aromatic rings. The number of phenolic OH excluding ortho intramolecular Hbond substituents is 1. The van der Waals surface area contributed by atoms with Crippen molar-refractivity contribution in [2.24, 2.45) is 0 Å².